The highest BCUT2D eigenvalue weighted by Crippen LogP contribution is 2.32. The number of hydrogen-bond acceptors (Lipinski definition) is 5. The summed E-state index contributed by atoms with van der Waals surface area (Å²) in [6, 6.07) is 11.1. The average molecular weight is 526 g/mol. The highest BCUT2D eigenvalue weighted by atomic mass is 35.5. The first kappa shape index (κ1) is 25.3. The van der Waals surface area contributed by atoms with Gasteiger partial charge in [-0.05, 0) is 42.7 Å². The first-order valence-corrected chi connectivity index (χ1v) is 11.8. The molecular weight excluding hydrogens is 503 g/mol. The molecule has 0 bridgehead atoms. The van der Waals surface area contributed by atoms with E-state index in [0.717, 1.165) is 29.6 Å². The van der Waals surface area contributed by atoms with Gasteiger partial charge in [0.2, 0.25) is 0 Å². The molecule has 4 aromatic rings. The number of amides is 1. The number of halogens is 3. The second kappa shape index (κ2) is 11.7. The zero-order chi connectivity index (χ0) is 22.5. The van der Waals surface area contributed by atoms with Gasteiger partial charge in [-0.3, -0.25) is 9.69 Å². The van der Waals surface area contributed by atoms with Gasteiger partial charge in [0.05, 0.1) is 21.6 Å². The van der Waals surface area contributed by atoms with Crippen molar-refractivity contribution in [2.45, 2.75) is 26.3 Å². The summed E-state index contributed by atoms with van der Waals surface area (Å²) in [4.78, 5) is 23.8. The zero-order valence-electron chi connectivity index (χ0n) is 17.9. The van der Waals surface area contributed by atoms with E-state index < -0.39 is 0 Å². The average Bonchev–Trinajstić information content (AvgIpc) is 3.45. The lowest BCUT2D eigenvalue weighted by molar-refractivity contribution is -0.120. The molecule has 0 aliphatic rings. The topological polar surface area (TPSA) is 60.2 Å². The molecule has 0 atom stereocenters. The second-order valence-corrected chi connectivity index (χ2v) is 9.03. The number of aromatic nitrogens is 3. The van der Waals surface area contributed by atoms with Crippen LogP contribution in [0.1, 0.15) is 18.9 Å². The Hall–Kier alpha value is -2.32. The number of thiazole rings is 1. The summed E-state index contributed by atoms with van der Waals surface area (Å²) in [7, 11) is 0. The van der Waals surface area contributed by atoms with Crippen molar-refractivity contribution in [3.05, 3.63) is 70.7 Å². The van der Waals surface area contributed by atoms with Gasteiger partial charge in [-0.2, -0.15) is 0 Å². The number of benzene rings is 2. The Bertz CT molecular complexity index is 1210. The third kappa shape index (κ3) is 6.18. The van der Waals surface area contributed by atoms with Crippen molar-refractivity contribution >= 4 is 68.2 Å². The maximum absolute atomic E-state index is 13.2. The number of ether oxygens (including phenoxy) is 1. The highest BCUT2D eigenvalue weighted by Gasteiger charge is 2.21. The quantitative estimate of drug-likeness (QED) is 0.258. The van der Waals surface area contributed by atoms with E-state index in [1.807, 2.05) is 22.9 Å². The van der Waals surface area contributed by atoms with Crippen LogP contribution in [-0.4, -0.2) is 33.6 Å². The normalized spacial score (nSPS) is 10.8. The van der Waals surface area contributed by atoms with E-state index in [9.17, 15) is 4.79 Å². The summed E-state index contributed by atoms with van der Waals surface area (Å²) in [5.74, 6) is 0.235. The standard InChI is InChI=1S/C23H22Cl2N4O2S.ClH/c1-2-16-5-3-6-20-22(16)27-23(32-20)29(11-4-10-28-12-9-26-15-28)21(30)14-31-19-8-7-17(24)13-18(19)25;/h3,5-9,12-13,15H,2,4,10-11,14H2,1H3;1H. The Balaban J connectivity index is 0.00000306. The van der Waals surface area contributed by atoms with E-state index in [2.05, 4.69) is 18.0 Å². The number of nitrogens with zero attached hydrogens (tertiary/aromatic N) is 4. The number of anilines is 1. The number of para-hydroxylation sites is 1. The van der Waals surface area contributed by atoms with Gasteiger partial charge in [0.15, 0.2) is 11.7 Å². The molecule has 4 rings (SSSR count). The smallest absolute Gasteiger partial charge is 0.266 e. The van der Waals surface area contributed by atoms with E-state index in [1.165, 1.54) is 16.9 Å². The Morgan fingerprint density at radius 3 is 2.82 bits per heavy atom. The first-order valence-electron chi connectivity index (χ1n) is 10.3. The van der Waals surface area contributed by atoms with Crippen molar-refractivity contribution in [3.8, 4) is 5.75 Å². The molecule has 0 fully saturated rings. The number of hydrogen-bond donors (Lipinski definition) is 0. The lowest BCUT2D eigenvalue weighted by Crippen LogP contribution is -2.36. The summed E-state index contributed by atoms with van der Waals surface area (Å²) in [6.07, 6.45) is 7.05. The third-order valence-corrected chi connectivity index (χ3v) is 6.58. The van der Waals surface area contributed by atoms with E-state index >= 15 is 0 Å². The summed E-state index contributed by atoms with van der Waals surface area (Å²) in [5, 5.41) is 1.54. The molecule has 1 amide bonds. The Kier molecular flexibility index (Phi) is 8.97. The van der Waals surface area contributed by atoms with Crippen LogP contribution in [0, 0.1) is 0 Å². The van der Waals surface area contributed by atoms with Crippen molar-refractivity contribution in [3.63, 3.8) is 0 Å². The van der Waals surface area contributed by atoms with Crippen molar-refractivity contribution in [1.82, 2.24) is 14.5 Å². The number of aryl methyl sites for hydroxylation is 2. The first-order chi connectivity index (χ1) is 15.5. The minimum atomic E-state index is -0.182. The molecule has 0 aliphatic heterocycles. The van der Waals surface area contributed by atoms with Gasteiger partial charge < -0.3 is 9.30 Å². The van der Waals surface area contributed by atoms with Crippen LogP contribution in [0.15, 0.2) is 55.1 Å². The van der Waals surface area contributed by atoms with E-state index in [0.29, 0.717) is 27.5 Å². The Morgan fingerprint density at radius 1 is 1.24 bits per heavy atom. The fraction of sp³-hybridized carbons (Fsp3) is 0.261. The van der Waals surface area contributed by atoms with Crippen LogP contribution >= 0.6 is 46.9 Å². The molecule has 33 heavy (non-hydrogen) atoms. The van der Waals surface area contributed by atoms with Crippen molar-refractivity contribution in [1.29, 1.82) is 0 Å². The van der Waals surface area contributed by atoms with Gasteiger partial charge >= 0.3 is 0 Å². The van der Waals surface area contributed by atoms with Crippen LogP contribution in [0.25, 0.3) is 10.2 Å². The molecule has 0 aliphatic carbocycles. The molecule has 6 nitrogen and oxygen atoms in total. The summed E-state index contributed by atoms with van der Waals surface area (Å²) < 4.78 is 8.76. The maximum atomic E-state index is 13.2. The molecule has 0 saturated heterocycles. The van der Waals surface area contributed by atoms with Gasteiger partial charge in [-0.1, -0.05) is 53.6 Å². The lowest BCUT2D eigenvalue weighted by atomic mass is 10.1. The predicted octanol–water partition coefficient (Wildman–Crippen LogP) is 6.29. The molecule has 0 spiro atoms. The van der Waals surface area contributed by atoms with Crippen LogP contribution in [0.2, 0.25) is 10.0 Å². The Labute approximate surface area is 212 Å². The van der Waals surface area contributed by atoms with E-state index in [1.54, 1.807) is 35.6 Å². The van der Waals surface area contributed by atoms with Crippen molar-refractivity contribution in [2.75, 3.05) is 18.1 Å². The van der Waals surface area contributed by atoms with Crippen molar-refractivity contribution in [2.24, 2.45) is 0 Å². The largest absolute Gasteiger partial charge is 0.482 e. The van der Waals surface area contributed by atoms with Crippen LogP contribution in [0.4, 0.5) is 5.13 Å². The fourth-order valence-electron chi connectivity index (χ4n) is 3.36. The monoisotopic (exact) mass is 524 g/mol. The van der Waals surface area contributed by atoms with E-state index in [-0.39, 0.29) is 24.9 Å². The van der Waals surface area contributed by atoms with E-state index in [4.69, 9.17) is 32.9 Å². The van der Waals surface area contributed by atoms with Crippen LogP contribution in [0.5, 0.6) is 5.75 Å². The van der Waals surface area contributed by atoms with Gasteiger partial charge in [0.25, 0.3) is 5.91 Å². The molecule has 2 aromatic heterocycles. The fourth-order valence-corrected chi connectivity index (χ4v) is 4.88. The molecular formula is C23H23Cl3N4O2S. The number of carbonyl (C=O) groups is 1. The number of imidazole rings is 1. The molecule has 0 radical (unpaired) electrons. The SMILES string of the molecule is CCc1cccc2sc(N(CCCn3ccnc3)C(=O)COc3ccc(Cl)cc3Cl)nc12.Cl. The van der Waals surface area contributed by atoms with Gasteiger partial charge in [-0.25, -0.2) is 9.97 Å². The maximum Gasteiger partial charge on any atom is 0.266 e. The number of carbonyl (C=O) groups excluding carboxylic acids is 1. The van der Waals surface area contributed by atoms with Gasteiger partial charge in [0.1, 0.15) is 5.75 Å². The zero-order valence-corrected chi connectivity index (χ0v) is 21.1. The molecule has 2 aromatic carbocycles. The third-order valence-electron chi connectivity index (χ3n) is 5.01. The summed E-state index contributed by atoms with van der Waals surface area (Å²) in [5.41, 5.74) is 2.11. The summed E-state index contributed by atoms with van der Waals surface area (Å²) >= 11 is 13.6. The molecule has 2 heterocycles. The second-order valence-electron chi connectivity index (χ2n) is 7.18. The Morgan fingerprint density at radius 2 is 2.09 bits per heavy atom. The minimum absolute atomic E-state index is 0. The highest BCUT2D eigenvalue weighted by molar-refractivity contribution is 7.22. The predicted molar refractivity (Wildman–Crippen MR) is 137 cm³/mol. The number of rotatable bonds is 9. The van der Waals surface area contributed by atoms with Gasteiger partial charge in [0, 0.05) is 30.5 Å². The van der Waals surface area contributed by atoms with Crippen molar-refractivity contribution < 1.29 is 9.53 Å². The van der Waals surface area contributed by atoms with Crippen LogP contribution < -0.4 is 9.64 Å². The molecule has 10 heteroatoms. The molecule has 0 unspecified atom stereocenters. The number of fused-ring (bicyclic) bond motifs is 1. The molecule has 0 saturated carbocycles. The minimum Gasteiger partial charge on any atom is -0.482 e. The van der Waals surface area contributed by atoms with Crippen LogP contribution in [-0.2, 0) is 17.8 Å². The molecule has 174 valence electrons. The molecule has 0 N–H and O–H groups in total. The summed E-state index contributed by atoms with van der Waals surface area (Å²) in [6.45, 7) is 3.21. The lowest BCUT2D eigenvalue weighted by Gasteiger charge is -2.20. The van der Waals surface area contributed by atoms with Crippen LogP contribution in [0.3, 0.4) is 0 Å². The van der Waals surface area contributed by atoms with Gasteiger partial charge in [-0.15, -0.1) is 12.4 Å².